The van der Waals surface area contributed by atoms with Gasteiger partial charge in [-0.1, -0.05) is 17.8 Å². The Labute approximate surface area is 142 Å². The van der Waals surface area contributed by atoms with E-state index in [9.17, 15) is 9.59 Å². The van der Waals surface area contributed by atoms with Crippen molar-refractivity contribution >= 4 is 23.7 Å². The third-order valence-electron chi connectivity index (χ3n) is 3.28. The van der Waals surface area contributed by atoms with Gasteiger partial charge in [-0.25, -0.2) is 9.97 Å². The van der Waals surface area contributed by atoms with Crippen LogP contribution in [0.2, 0.25) is 0 Å². The highest BCUT2D eigenvalue weighted by atomic mass is 32.2. The van der Waals surface area contributed by atoms with Crippen LogP contribution in [0.15, 0.2) is 41.8 Å². The number of ether oxygens (including phenoxy) is 2. The molecule has 7 nitrogen and oxygen atoms in total. The fourth-order valence-electron chi connectivity index (χ4n) is 2.12. The van der Waals surface area contributed by atoms with E-state index in [2.05, 4.69) is 15.0 Å². The number of hydrogen-bond donors (Lipinski definition) is 0. The molecule has 0 saturated carbocycles. The maximum Gasteiger partial charge on any atom is 0.316 e. The molecular formula is C16H15N3O4S. The molecule has 3 rings (SSSR count). The number of rotatable bonds is 6. The Balaban J connectivity index is 1.49. The van der Waals surface area contributed by atoms with E-state index >= 15 is 0 Å². The molecular weight excluding hydrogens is 330 g/mol. The summed E-state index contributed by atoms with van der Waals surface area (Å²) >= 11 is 1.19. The van der Waals surface area contributed by atoms with Crippen molar-refractivity contribution in [3.63, 3.8) is 0 Å². The van der Waals surface area contributed by atoms with Crippen molar-refractivity contribution in [3.05, 3.63) is 36.7 Å². The molecule has 2 aromatic heterocycles. The van der Waals surface area contributed by atoms with E-state index in [1.807, 2.05) is 18.2 Å². The molecule has 1 aliphatic heterocycles. The second-order valence-corrected chi connectivity index (χ2v) is 6.00. The summed E-state index contributed by atoms with van der Waals surface area (Å²) in [6.45, 7) is 0.0972. The molecule has 0 aliphatic carbocycles. The second-order valence-electron chi connectivity index (χ2n) is 5.06. The van der Waals surface area contributed by atoms with E-state index in [-0.39, 0.29) is 24.4 Å². The van der Waals surface area contributed by atoms with Crippen LogP contribution in [0.1, 0.15) is 12.8 Å². The first-order chi connectivity index (χ1) is 11.7. The molecule has 0 bridgehead atoms. The van der Waals surface area contributed by atoms with Crippen molar-refractivity contribution in [2.75, 3.05) is 12.4 Å². The maximum atomic E-state index is 11.8. The zero-order chi connectivity index (χ0) is 16.8. The molecule has 124 valence electrons. The van der Waals surface area contributed by atoms with Gasteiger partial charge in [-0.15, -0.1) is 0 Å². The largest absolute Gasteiger partial charge is 0.461 e. The highest BCUT2D eigenvalue weighted by molar-refractivity contribution is 7.99. The number of aromatic nitrogens is 3. The summed E-state index contributed by atoms with van der Waals surface area (Å²) in [7, 11) is 0. The standard InChI is InChI=1S/C16H15N3O4S/c20-14-5-4-11(23-14)9-22-15(21)10-24-16-18-8-6-13(19-16)12-3-1-2-7-17-12/h1-3,6-8,11H,4-5,9-10H2. The van der Waals surface area contributed by atoms with Crippen molar-refractivity contribution < 1.29 is 19.1 Å². The number of hydrogen-bond acceptors (Lipinski definition) is 8. The number of nitrogens with zero attached hydrogens (tertiary/aromatic N) is 3. The van der Waals surface area contributed by atoms with Gasteiger partial charge < -0.3 is 9.47 Å². The Morgan fingerprint density at radius 2 is 2.17 bits per heavy atom. The predicted octanol–water partition coefficient (Wildman–Crippen LogP) is 1.88. The molecule has 1 atom stereocenters. The van der Waals surface area contributed by atoms with Crippen LogP contribution in [0.3, 0.4) is 0 Å². The average molecular weight is 345 g/mol. The van der Waals surface area contributed by atoms with Crippen molar-refractivity contribution in [1.29, 1.82) is 0 Å². The molecule has 1 aliphatic rings. The lowest BCUT2D eigenvalue weighted by molar-refractivity contribution is -0.151. The molecule has 2 aromatic rings. The van der Waals surface area contributed by atoms with Crippen molar-refractivity contribution in [2.24, 2.45) is 0 Å². The summed E-state index contributed by atoms with van der Waals surface area (Å²) < 4.78 is 10.1. The van der Waals surface area contributed by atoms with Gasteiger partial charge in [0.05, 0.1) is 17.1 Å². The molecule has 0 spiro atoms. The molecule has 0 N–H and O–H groups in total. The van der Waals surface area contributed by atoms with Gasteiger partial charge in [-0.05, 0) is 24.6 Å². The third kappa shape index (κ3) is 4.51. The van der Waals surface area contributed by atoms with E-state index in [1.165, 1.54) is 11.8 Å². The number of carbonyl (C=O) groups is 2. The van der Waals surface area contributed by atoms with Crippen LogP contribution in [0.25, 0.3) is 11.4 Å². The summed E-state index contributed by atoms with van der Waals surface area (Å²) in [5.74, 6) is -0.549. The molecule has 24 heavy (non-hydrogen) atoms. The van der Waals surface area contributed by atoms with Crippen LogP contribution in [0.5, 0.6) is 0 Å². The minimum atomic E-state index is -0.394. The SMILES string of the molecule is O=C(CSc1nccc(-c2ccccn2)n1)OCC1CCC(=O)O1. The number of esters is 2. The normalized spacial score (nSPS) is 16.7. The van der Waals surface area contributed by atoms with Gasteiger partial charge in [0, 0.05) is 18.8 Å². The summed E-state index contributed by atoms with van der Waals surface area (Å²) in [4.78, 5) is 35.5. The van der Waals surface area contributed by atoms with Gasteiger partial charge in [0.1, 0.15) is 12.7 Å². The molecule has 1 saturated heterocycles. The van der Waals surface area contributed by atoms with Crippen LogP contribution >= 0.6 is 11.8 Å². The van der Waals surface area contributed by atoms with Crippen LogP contribution in [-0.2, 0) is 19.1 Å². The van der Waals surface area contributed by atoms with E-state index in [0.717, 1.165) is 5.69 Å². The lowest BCUT2D eigenvalue weighted by Gasteiger charge is -2.09. The van der Waals surface area contributed by atoms with Crippen molar-refractivity contribution in [3.8, 4) is 11.4 Å². The van der Waals surface area contributed by atoms with E-state index in [1.54, 1.807) is 18.5 Å². The van der Waals surface area contributed by atoms with Crippen LogP contribution in [0, 0.1) is 0 Å². The Morgan fingerprint density at radius 1 is 1.25 bits per heavy atom. The molecule has 0 radical (unpaired) electrons. The summed E-state index contributed by atoms with van der Waals surface area (Å²) in [5.41, 5.74) is 1.44. The zero-order valence-corrected chi connectivity index (χ0v) is 13.6. The first-order valence-electron chi connectivity index (χ1n) is 7.43. The highest BCUT2D eigenvalue weighted by Gasteiger charge is 2.24. The fourth-order valence-corrected chi connectivity index (χ4v) is 2.75. The predicted molar refractivity (Wildman–Crippen MR) is 86.1 cm³/mol. The second kappa shape index (κ2) is 7.87. The fraction of sp³-hybridized carbons (Fsp3) is 0.312. The van der Waals surface area contributed by atoms with Gasteiger partial charge in [-0.2, -0.15) is 0 Å². The molecule has 0 aromatic carbocycles. The minimum Gasteiger partial charge on any atom is -0.461 e. The Bertz CT molecular complexity index is 726. The monoisotopic (exact) mass is 345 g/mol. The minimum absolute atomic E-state index is 0.0896. The first-order valence-corrected chi connectivity index (χ1v) is 8.41. The van der Waals surface area contributed by atoms with E-state index < -0.39 is 5.97 Å². The van der Waals surface area contributed by atoms with Gasteiger partial charge in [0.25, 0.3) is 0 Å². The quantitative estimate of drug-likeness (QED) is 0.445. The number of carbonyl (C=O) groups excluding carboxylic acids is 2. The maximum absolute atomic E-state index is 11.8. The van der Waals surface area contributed by atoms with Gasteiger partial charge in [-0.3, -0.25) is 14.6 Å². The summed E-state index contributed by atoms with van der Waals surface area (Å²) in [6.07, 6.45) is 3.97. The molecule has 1 fully saturated rings. The zero-order valence-electron chi connectivity index (χ0n) is 12.8. The first kappa shape index (κ1) is 16.4. The summed E-state index contributed by atoms with van der Waals surface area (Å²) in [5, 5.41) is 0.474. The lowest BCUT2D eigenvalue weighted by atomic mass is 10.2. The van der Waals surface area contributed by atoms with Gasteiger partial charge in [0.2, 0.25) is 0 Å². The third-order valence-corrected chi connectivity index (χ3v) is 4.11. The van der Waals surface area contributed by atoms with Gasteiger partial charge >= 0.3 is 11.9 Å². The number of cyclic esters (lactones) is 1. The van der Waals surface area contributed by atoms with Gasteiger partial charge in [0.15, 0.2) is 5.16 Å². The lowest BCUT2D eigenvalue weighted by Crippen LogP contribution is -2.19. The number of pyridine rings is 1. The molecule has 3 heterocycles. The Morgan fingerprint density at radius 3 is 2.92 bits per heavy atom. The highest BCUT2D eigenvalue weighted by Crippen LogP contribution is 2.19. The topological polar surface area (TPSA) is 91.3 Å². The smallest absolute Gasteiger partial charge is 0.316 e. The molecule has 0 amide bonds. The Kier molecular flexibility index (Phi) is 5.37. The van der Waals surface area contributed by atoms with Crippen LogP contribution in [0.4, 0.5) is 0 Å². The molecule has 1 unspecified atom stereocenters. The van der Waals surface area contributed by atoms with E-state index in [0.29, 0.717) is 23.7 Å². The van der Waals surface area contributed by atoms with Crippen molar-refractivity contribution in [1.82, 2.24) is 15.0 Å². The number of thioether (sulfide) groups is 1. The summed E-state index contributed by atoms with van der Waals surface area (Å²) in [6, 6.07) is 7.33. The van der Waals surface area contributed by atoms with Crippen LogP contribution in [-0.4, -0.2) is 45.4 Å². The molecule has 8 heteroatoms. The van der Waals surface area contributed by atoms with E-state index in [4.69, 9.17) is 9.47 Å². The van der Waals surface area contributed by atoms with Crippen molar-refractivity contribution in [2.45, 2.75) is 24.1 Å². The average Bonchev–Trinajstić information content (AvgIpc) is 3.04. The van der Waals surface area contributed by atoms with Crippen LogP contribution < -0.4 is 0 Å². The Hall–Kier alpha value is -2.48.